The summed E-state index contributed by atoms with van der Waals surface area (Å²) in [5.74, 6) is 0. The van der Waals surface area contributed by atoms with Gasteiger partial charge in [-0.1, -0.05) is 31.2 Å². The van der Waals surface area contributed by atoms with Gasteiger partial charge in [0.25, 0.3) is 5.69 Å². The van der Waals surface area contributed by atoms with Crippen molar-refractivity contribution in [3.8, 4) is 0 Å². The van der Waals surface area contributed by atoms with Crippen LogP contribution in [-0.4, -0.2) is 9.91 Å². The summed E-state index contributed by atoms with van der Waals surface area (Å²) >= 11 is 0. The molecule has 108 valence electrons. The number of benzene rings is 3. The van der Waals surface area contributed by atoms with Gasteiger partial charge < -0.3 is 4.98 Å². The number of hydrogen-bond acceptors (Lipinski definition) is 2. The van der Waals surface area contributed by atoms with Crippen LogP contribution in [0.3, 0.4) is 0 Å². The van der Waals surface area contributed by atoms with Gasteiger partial charge in [0.1, 0.15) is 0 Å². The lowest BCUT2D eigenvalue weighted by Gasteiger charge is -2.06. The molecule has 22 heavy (non-hydrogen) atoms. The van der Waals surface area contributed by atoms with Crippen LogP contribution in [0.5, 0.6) is 0 Å². The van der Waals surface area contributed by atoms with Crippen molar-refractivity contribution in [1.82, 2.24) is 4.98 Å². The van der Waals surface area contributed by atoms with Crippen LogP contribution in [0.25, 0.3) is 32.6 Å². The summed E-state index contributed by atoms with van der Waals surface area (Å²) in [6, 6.07) is 15.4. The van der Waals surface area contributed by atoms with Crippen LogP contribution in [0.4, 0.5) is 5.69 Å². The van der Waals surface area contributed by atoms with Gasteiger partial charge in [-0.3, -0.25) is 10.1 Å². The maximum Gasteiger partial charge on any atom is 0.270 e. The highest BCUT2D eigenvalue weighted by molar-refractivity contribution is 6.14. The number of rotatable bonds is 2. The first-order chi connectivity index (χ1) is 10.7. The Bertz CT molecular complexity index is 1050. The number of aromatic nitrogens is 1. The molecular formula is C18H14N2O2. The van der Waals surface area contributed by atoms with Gasteiger partial charge in [0.05, 0.1) is 10.4 Å². The molecule has 0 amide bonds. The van der Waals surface area contributed by atoms with Crippen LogP contribution in [0.2, 0.25) is 0 Å². The first kappa shape index (κ1) is 12.8. The first-order valence-corrected chi connectivity index (χ1v) is 7.29. The van der Waals surface area contributed by atoms with E-state index in [-0.39, 0.29) is 10.6 Å². The van der Waals surface area contributed by atoms with E-state index in [1.165, 1.54) is 16.3 Å². The standard InChI is InChI=1S/C18H14N2O2/c1-2-13-14-6-4-3-5-11(14)9-16-15-10-12(20(21)22)7-8-17(15)19-18(13)16/h3-10,19H,2H2,1H3. The molecule has 0 bridgehead atoms. The maximum atomic E-state index is 11.0. The summed E-state index contributed by atoms with van der Waals surface area (Å²) in [6.07, 6.45) is 0.909. The normalized spacial score (nSPS) is 11.5. The Kier molecular flexibility index (Phi) is 2.66. The van der Waals surface area contributed by atoms with E-state index in [0.717, 1.165) is 28.2 Å². The van der Waals surface area contributed by atoms with E-state index in [4.69, 9.17) is 0 Å². The molecule has 0 aliphatic rings. The van der Waals surface area contributed by atoms with Gasteiger partial charge in [0, 0.05) is 28.4 Å². The monoisotopic (exact) mass is 290 g/mol. The smallest absolute Gasteiger partial charge is 0.270 e. The molecule has 1 aromatic heterocycles. The third-order valence-corrected chi connectivity index (χ3v) is 4.27. The van der Waals surface area contributed by atoms with Crippen LogP contribution in [-0.2, 0) is 6.42 Å². The largest absolute Gasteiger partial charge is 0.354 e. The average Bonchev–Trinajstić information content (AvgIpc) is 2.89. The molecule has 4 heteroatoms. The number of nitro groups is 1. The van der Waals surface area contributed by atoms with E-state index < -0.39 is 0 Å². The molecule has 4 rings (SSSR count). The zero-order valence-electron chi connectivity index (χ0n) is 12.1. The van der Waals surface area contributed by atoms with Crippen LogP contribution < -0.4 is 0 Å². The molecule has 0 saturated carbocycles. The minimum atomic E-state index is -0.347. The van der Waals surface area contributed by atoms with Crippen molar-refractivity contribution >= 4 is 38.3 Å². The minimum Gasteiger partial charge on any atom is -0.354 e. The molecular weight excluding hydrogens is 276 g/mol. The lowest BCUT2D eigenvalue weighted by Crippen LogP contribution is -1.86. The average molecular weight is 290 g/mol. The Morgan fingerprint density at radius 2 is 1.86 bits per heavy atom. The van der Waals surface area contributed by atoms with Gasteiger partial charge in [-0.05, 0) is 34.9 Å². The van der Waals surface area contributed by atoms with Crippen molar-refractivity contribution < 1.29 is 4.92 Å². The Balaban J connectivity index is 2.21. The highest BCUT2D eigenvalue weighted by atomic mass is 16.6. The van der Waals surface area contributed by atoms with Crippen molar-refractivity contribution in [3.05, 3.63) is 64.2 Å². The molecule has 0 radical (unpaired) electrons. The van der Waals surface area contributed by atoms with Gasteiger partial charge in [0.2, 0.25) is 0 Å². The van der Waals surface area contributed by atoms with Crippen LogP contribution in [0.15, 0.2) is 48.5 Å². The Morgan fingerprint density at radius 3 is 2.64 bits per heavy atom. The minimum absolute atomic E-state index is 0.125. The first-order valence-electron chi connectivity index (χ1n) is 7.29. The number of H-pyrrole nitrogens is 1. The van der Waals surface area contributed by atoms with Gasteiger partial charge in [-0.15, -0.1) is 0 Å². The lowest BCUT2D eigenvalue weighted by molar-refractivity contribution is -0.384. The molecule has 0 aliphatic carbocycles. The lowest BCUT2D eigenvalue weighted by atomic mass is 9.98. The summed E-state index contributed by atoms with van der Waals surface area (Å²) < 4.78 is 0. The number of nitrogens with one attached hydrogen (secondary N) is 1. The van der Waals surface area contributed by atoms with E-state index >= 15 is 0 Å². The van der Waals surface area contributed by atoms with Gasteiger partial charge >= 0.3 is 0 Å². The van der Waals surface area contributed by atoms with Crippen molar-refractivity contribution in [2.75, 3.05) is 0 Å². The molecule has 0 aliphatic heterocycles. The number of hydrogen-bond donors (Lipinski definition) is 1. The molecule has 1 heterocycles. The third kappa shape index (κ3) is 1.70. The molecule has 0 fully saturated rings. The Morgan fingerprint density at radius 1 is 1.05 bits per heavy atom. The maximum absolute atomic E-state index is 11.0. The number of aromatic amines is 1. The number of aryl methyl sites for hydroxylation is 1. The zero-order valence-corrected chi connectivity index (χ0v) is 12.1. The van der Waals surface area contributed by atoms with Crippen molar-refractivity contribution in [3.63, 3.8) is 0 Å². The fourth-order valence-corrected chi connectivity index (χ4v) is 3.26. The molecule has 3 aromatic carbocycles. The van der Waals surface area contributed by atoms with Crippen molar-refractivity contribution in [2.45, 2.75) is 13.3 Å². The predicted octanol–water partition coefficient (Wildman–Crippen LogP) is 4.94. The molecule has 0 spiro atoms. The second-order valence-corrected chi connectivity index (χ2v) is 5.46. The second kappa shape index (κ2) is 4.56. The van der Waals surface area contributed by atoms with Crippen molar-refractivity contribution in [2.24, 2.45) is 0 Å². The van der Waals surface area contributed by atoms with Crippen LogP contribution >= 0.6 is 0 Å². The Hall–Kier alpha value is -2.88. The summed E-state index contributed by atoms with van der Waals surface area (Å²) in [6.45, 7) is 2.13. The highest BCUT2D eigenvalue weighted by Gasteiger charge is 2.14. The van der Waals surface area contributed by atoms with Crippen LogP contribution in [0, 0.1) is 10.1 Å². The molecule has 0 unspecified atom stereocenters. The second-order valence-electron chi connectivity index (χ2n) is 5.46. The molecule has 0 atom stereocenters. The molecule has 1 N–H and O–H groups in total. The molecule has 0 saturated heterocycles. The zero-order chi connectivity index (χ0) is 15.3. The summed E-state index contributed by atoms with van der Waals surface area (Å²) in [4.78, 5) is 14.1. The number of nitro benzene ring substituents is 1. The number of fused-ring (bicyclic) bond motifs is 4. The summed E-state index contributed by atoms with van der Waals surface area (Å²) in [7, 11) is 0. The van der Waals surface area contributed by atoms with E-state index in [0.29, 0.717) is 0 Å². The van der Waals surface area contributed by atoms with Crippen LogP contribution in [0.1, 0.15) is 12.5 Å². The summed E-state index contributed by atoms with van der Waals surface area (Å²) in [5.41, 5.74) is 3.40. The van der Waals surface area contributed by atoms with E-state index in [1.54, 1.807) is 18.2 Å². The molecule has 4 aromatic rings. The van der Waals surface area contributed by atoms with E-state index in [9.17, 15) is 10.1 Å². The SMILES string of the molecule is CCc1c2ccccc2cc2c1[nH]c1ccc([N+](=O)[O-])cc12. The topological polar surface area (TPSA) is 58.9 Å². The Labute approximate surface area is 126 Å². The number of non-ortho nitro benzene ring substituents is 1. The third-order valence-electron chi connectivity index (χ3n) is 4.27. The van der Waals surface area contributed by atoms with Crippen molar-refractivity contribution in [1.29, 1.82) is 0 Å². The van der Waals surface area contributed by atoms with Gasteiger partial charge in [0.15, 0.2) is 0 Å². The number of nitrogens with zero attached hydrogens (tertiary/aromatic N) is 1. The van der Waals surface area contributed by atoms with Gasteiger partial charge in [-0.25, -0.2) is 0 Å². The molecule has 4 nitrogen and oxygen atoms in total. The highest BCUT2D eigenvalue weighted by Crippen LogP contribution is 2.34. The van der Waals surface area contributed by atoms with E-state index in [2.05, 4.69) is 30.1 Å². The van der Waals surface area contributed by atoms with Gasteiger partial charge in [-0.2, -0.15) is 0 Å². The quantitative estimate of drug-likeness (QED) is 0.419. The van der Waals surface area contributed by atoms with E-state index in [1.807, 2.05) is 12.1 Å². The fourth-order valence-electron chi connectivity index (χ4n) is 3.26. The predicted molar refractivity (Wildman–Crippen MR) is 89.3 cm³/mol. The summed E-state index contributed by atoms with van der Waals surface area (Å²) in [5, 5.41) is 15.4. The fraction of sp³-hybridized carbons (Fsp3) is 0.111.